The lowest BCUT2D eigenvalue weighted by molar-refractivity contribution is -0.143. The molecule has 60 heavy (non-hydrogen) atoms. The summed E-state index contributed by atoms with van der Waals surface area (Å²) in [6, 6.07) is 8.08. The van der Waals surface area contributed by atoms with Crippen molar-refractivity contribution < 1.29 is 28.6 Å². The molecule has 1 amide bonds. The van der Waals surface area contributed by atoms with E-state index in [0.29, 0.717) is 32.4 Å². The maximum absolute atomic E-state index is 13.2. The smallest absolute Gasteiger partial charge is 0.306 e. The van der Waals surface area contributed by atoms with Crippen LogP contribution in [0, 0.1) is 11.8 Å². The highest BCUT2D eigenvalue weighted by molar-refractivity contribution is 7.19. The molecule has 1 fully saturated rings. The molecule has 1 saturated heterocycles. The molecule has 14 nitrogen and oxygen atoms in total. The number of carbonyl (C=O) groups is 2. The lowest BCUT2D eigenvalue weighted by atomic mass is 9.86. The Hall–Kier alpha value is -6.07. The van der Waals surface area contributed by atoms with Gasteiger partial charge in [0, 0.05) is 28.1 Å². The molecule has 6 aromatic rings. The SMILES string of the molecule is COc1cc2c(cc1Nc1ncnc3sc4c(c13)CC[C@H](C(=O)N1CC(F)C1)C4)C=NC2.COc1cc2c(cc1Nc1ncnc3sc4c(c13)CC[C@H](C(=O)O)C4)C=NC2. The minimum atomic E-state index is -0.867. The van der Waals surface area contributed by atoms with E-state index in [1.807, 2.05) is 36.7 Å². The number of methoxy groups -OCH3 is 2. The Balaban J connectivity index is 0.000000146. The van der Waals surface area contributed by atoms with Crippen molar-refractivity contribution in [2.24, 2.45) is 21.8 Å². The zero-order valence-corrected chi connectivity index (χ0v) is 34.5. The number of likely N-dealkylation sites (tertiary alicyclic amines) is 1. The second-order valence-corrected chi connectivity index (χ2v) is 17.7. The molecule has 0 saturated carbocycles. The zero-order chi connectivity index (χ0) is 41.1. The van der Waals surface area contributed by atoms with E-state index in [0.717, 1.165) is 101 Å². The molecule has 4 aromatic heterocycles. The molecular formula is C43H40FN9O5S2. The van der Waals surface area contributed by atoms with Gasteiger partial charge in [-0.25, -0.2) is 24.3 Å². The van der Waals surface area contributed by atoms with Gasteiger partial charge in [-0.3, -0.25) is 19.6 Å². The Labute approximate surface area is 351 Å². The van der Waals surface area contributed by atoms with Crippen LogP contribution >= 0.6 is 22.7 Å². The van der Waals surface area contributed by atoms with E-state index in [1.54, 1.807) is 54.4 Å². The van der Waals surface area contributed by atoms with Crippen molar-refractivity contribution in [3.8, 4) is 11.5 Å². The van der Waals surface area contributed by atoms with Crippen molar-refractivity contribution in [1.29, 1.82) is 0 Å². The highest BCUT2D eigenvalue weighted by Crippen LogP contribution is 2.44. The summed E-state index contributed by atoms with van der Waals surface area (Å²) in [5, 5.41) is 18.2. The number of aromatic nitrogens is 4. The lowest BCUT2D eigenvalue weighted by Gasteiger charge is -2.37. The number of anilines is 4. The standard InChI is InChI=1S/C23H22FN5O2S.C20H18N4O3S/c1-31-18-5-14-8-25-7-13(14)4-17(18)28-21-20-16-3-2-12(23(30)29-9-15(24)10-29)6-19(16)32-22(20)27-11-26-21;1-27-15-5-12-8-21-7-11(12)4-14(15)24-18-17-13-3-2-10(20(25)26)6-16(13)28-19(17)23-9-22-18/h4-5,7,11-12,15H,2-3,6,8-10H2,1H3,(H,26,27,28);4-5,7,9-10H,2-3,6,8H2,1H3,(H,25,26)(H,22,23,24)/t12-;10-/m00/s1. The first kappa shape index (κ1) is 38.2. The Morgan fingerprint density at radius 3 is 1.73 bits per heavy atom. The molecule has 11 rings (SSSR count). The Kier molecular flexibility index (Phi) is 9.86. The minimum Gasteiger partial charge on any atom is -0.495 e. The number of aryl methyl sites for hydroxylation is 2. The van der Waals surface area contributed by atoms with Crippen molar-refractivity contribution in [2.75, 3.05) is 37.9 Å². The molecule has 3 aliphatic heterocycles. The molecular weight excluding hydrogens is 806 g/mol. The maximum atomic E-state index is 13.2. The van der Waals surface area contributed by atoms with Gasteiger partial charge in [-0.1, -0.05) is 0 Å². The highest BCUT2D eigenvalue weighted by Gasteiger charge is 2.37. The van der Waals surface area contributed by atoms with Gasteiger partial charge in [0.2, 0.25) is 5.91 Å². The number of alkyl halides is 1. The first-order chi connectivity index (χ1) is 29.2. The van der Waals surface area contributed by atoms with Gasteiger partial charge in [-0.2, -0.15) is 0 Å². The number of rotatable bonds is 8. The Bertz CT molecular complexity index is 2780. The minimum absolute atomic E-state index is 0.0796. The maximum Gasteiger partial charge on any atom is 0.306 e. The molecule has 5 aliphatic rings. The van der Waals surface area contributed by atoms with E-state index in [9.17, 15) is 19.1 Å². The fourth-order valence-electron chi connectivity index (χ4n) is 8.76. The van der Waals surface area contributed by atoms with Crippen LogP contribution in [0.2, 0.25) is 0 Å². The van der Waals surface area contributed by atoms with Crippen LogP contribution in [0.15, 0.2) is 46.9 Å². The van der Waals surface area contributed by atoms with Crippen molar-refractivity contribution in [2.45, 2.75) is 57.8 Å². The first-order valence-corrected chi connectivity index (χ1v) is 21.5. The number of halogens is 1. The third-order valence-electron chi connectivity index (χ3n) is 12.0. The average Bonchev–Trinajstić information content (AvgIpc) is 4.06. The van der Waals surface area contributed by atoms with Crippen LogP contribution in [0.3, 0.4) is 0 Å². The Morgan fingerprint density at radius 1 is 0.750 bits per heavy atom. The van der Waals surface area contributed by atoms with E-state index < -0.39 is 12.1 Å². The van der Waals surface area contributed by atoms with Crippen molar-refractivity contribution in [3.63, 3.8) is 0 Å². The van der Waals surface area contributed by atoms with Crippen molar-refractivity contribution in [1.82, 2.24) is 24.8 Å². The van der Waals surface area contributed by atoms with E-state index in [4.69, 9.17) is 9.47 Å². The monoisotopic (exact) mass is 845 g/mol. The van der Waals surface area contributed by atoms with E-state index >= 15 is 0 Å². The second-order valence-electron chi connectivity index (χ2n) is 15.6. The van der Waals surface area contributed by atoms with Crippen LogP contribution in [-0.2, 0) is 48.4 Å². The van der Waals surface area contributed by atoms with Gasteiger partial charge in [0.25, 0.3) is 0 Å². The number of ether oxygens (including phenoxy) is 2. The number of fused-ring (bicyclic) bond motifs is 8. The molecule has 2 aromatic carbocycles. The number of aliphatic carboxylic acids is 1. The topological polar surface area (TPSA) is 176 Å². The molecule has 0 unspecified atom stereocenters. The lowest BCUT2D eigenvalue weighted by Crippen LogP contribution is -2.54. The van der Waals surface area contributed by atoms with E-state index in [2.05, 4.69) is 40.6 Å². The first-order valence-electron chi connectivity index (χ1n) is 19.9. The number of nitrogens with zero attached hydrogens (tertiary/aromatic N) is 7. The fourth-order valence-corrected chi connectivity index (χ4v) is 11.3. The average molecular weight is 846 g/mol. The van der Waals surface area contributed by atoms with Gasteiger partial charge in [0.15, 0.2) is 0 Å². The number of carboxylic acid groups (broad SMARTS) is 1. The van der Waals surface area contributed by atoms with Crippen LogP contribution < -0.4 is 20.1 Å². The zero-order valence-electron chi connectivity index (χ0n) is 32.8. The summed E-state index contributed by atoms with van der Waals surface area (Å²) < 4.78 is 24.4. The predicted octanol–water partition coefficient (Wildman–Crippen LogP) is 7.23. The molecule has 0 bridgehead atoms. The molecule has 17 heteroatoms. The van der Waals surface area contributed by atoms with Crippen LogP contribution in [0.5, 0.6) is 11.5 Å². The molecule has 7 heterocycles. The third-order valence-corrected chi connectivity index (χ3v) is 14.3. The number of amides is 1. The number of aliphatic imine (C=N–C) groups is 2. The van der Waals surface area contributed by atoms with Gasteiger partial charge in [0.05, 0.1) is 68.5 Å². The van der Waals surface area contributed by atoms with Crippen LogP contribution in [0.1, 0.15) is 56.0 Å². The summed E-state index contributed by atoms with van der Waals surface area (Å²) in [5.74, 6) is 1.91. The fraction of sp³-hybridized carbons (Fsp3) is 0.349. The van der Waals surface area contributed by atoms with Crippen molar-refractivity contribution in [3.05, 3.63) is 80.1 Å². The van der Waals surface area contributed by atoms with Gasteiger partial charge < -0.3 is 30.1 Å². The Morgan fingerprint density at radius 2 is 1.25 bits per heavy atom. The van der Waals surface area contributed by atoms with Gasteiger partial charge >= 0.3 is 5.97 Å². The molecule has 306 valence electrons. The summed E-state index contributed by atoms with van der Waals surface area (Å²) in [6.07, 6.45) is 10.1. The summed E-state index contributed by atoms with van der Waals surface area (Å²) in [6.45, 7) is 1.82. The number of carbonyl (C=O) groups excluding carboxylic acids is 1. The third kappa shape index (κ3) is 6.88. The molecule has 0 spiro atoms. The molecule has 3 N–H and O–H groups in total. The molecule has 2 atom stereocenters. The quantitative estimate of drug-likeness (QED) is 0.141. The van der Waals surface area contributed by atoms with Crippen molar-refractivity contribution >= 4 is 90.4 Å². The summed E-state index contributed by atoms with van der Waals surface area (Å²) >= 11 is 3.19. The number of hydrogen-bond acceptors (Lipinski definition) is 14. The number of nitrogens with one attached hydrogen (secondary N) is 2. The summed E-state index contributed by atoms with van der Waals surface area (Å²) in [4.78, 5) is 56.4. The van der Waals surface area contributed by atoms with Gasteiger partial charge in [0.1, 0.15) is 51.6 Å². The largest absolute Gasteiger partial charge is 0.495 e. The number of carboxylic acids is 1. The van der Waals surface area contributed by atoms with Crippen LogP contribution in [-0.4, -0.2) is 87.7 Å². The van der Waals surface area contributed by atoms with Gasteiger partial charge in [-0.15, -0.1) is 22.7 Å². The predicted molar refractivity (Wildman–Crippen MR) is 230 cm³/mol. The summed E-state index contributed by atoms with van der Waals surface area (Å²) in [5.41, 5.74) is 8.48. The number of benzene rings is 2. The van der Waals surface area contributed by atoms with Crippen LogP contribution in [0.4, 0.5) is 27.4 Å². The number of hydrogen-bond donors (Lipinski definition) is 3. The van der Waals surface area contributed by atoms with Gasteiger partial charge in [-0.05, 0) is 96.2 Å². The van der Waals surface area contributed by atoms with E-state index in [1.165, 1.54) is 16.0 Å². The molecule has 2 aliphatic carbocycles. The number of thiophene rings is 2. The molecule has 0 radical (unpaired) electrons. The van der Waals surface area contributed by atoms with Crippen LogP contribution in [0.25, 0.3) is 20.4 Å². The summed E-state index contributed by atoms with van der Waals surface area (Å²) in [7, 11) is 3.31. The normalized spacial score (nSPS) is 18.6. The highest BCUT2D eigenvalue weighted by atomic mass is 32.1. The van der Waals surface area contributed by atoms with E-state index in [-0.39, 0.29) is 30.8 Å². The second kappa shape index (κ2) is 15.5.